The Morgan fingerprint density at radius 3 is 2.14 bits per heavy atom. The number of carbonyl (C=O) groups is 2. The standard InChI is InChI=1S/C14H28N2O6/c1-9(18)16-12(14(22)13(21)11(20)8-17)10(19)6-4-2-3-5-7-15/h11-14,17,20-22H,2-8,15H2,1H3,(H,16,18)/t11-,12+,13+,14-/m1/s1. The SMILES string of the molecule is CC(=O)N[C@@H](C(=O)CCCCCCN)[C@@H](O)[C@@H](O)[C@H](O)CO. The second-order valence-corrected chi connectivity index (χ2v) is 5.33. The molecule has 8 heteroatoms. The largest absolute Gasteiger partial charge is 0.394 e. The Balaban J connectivity index is 4.60. The number of hydrogen-bond acceptors (Lipinski definition) is 7. The van der Waals surface area contributed by atoms with Gasteiger partial charge in [-0.3, -0.25) is 9.59 Å². The second-order valence-electron chi connectivity index (χ2n) is 5.33. The van der Waals surface area contributed by atoms with Gasteiger partial charge in [0.05, 0.1) is 6.61 Å². The molecule has 0 rings (SSSR count). The zero-order valence-electron chi connectivity index (χ0n) is 12.9. The number of ketones is 1. The second kappa shape index (κ2) is 11.5. The molecule has 0 spiro atoms. The van der Waals surface area contributed by atoms with Crippen molar-refractivity contribution in [3.63, 3.8) is 0 Å². The minimum Gasteiger partial charge on any atom is -0.394 e. The first-order chi connectivity index (χ1) is 10.3. The maximum absolute atomic E-state index is 12.1. The number of Topliss-reactive ketones (excluding diaryl/α,β-unsaturated/α-hetero) is 1. The highest BCUT2D eigenvalue weighted by Gasteiger charge is 2.35. The van der Waals surface area contributed by atoms with Gasteiger partial charge in [0.25, 0.3) is 0 Å². The van der Waals surface area contributed by atoms with E-state index >= 15 is 0 Å². The van der Waals surface area contributed by atoms with E-state index in [4.69, 9.17) is 10.8 Å². The molecule has 4 atom stereocenters. The zero-order chi connectivity index (χ0) is 17.1. The summed E-state index contributed by atoms with van der Waals surface area (Å²) in [5, 5.41) is 40.0. The minimum absolute atomic E-state index is 0.133. The summed E-state index contributed by atoms with van der Waals surface area (Å²) in [6.07, 6.45) is -1.74. The molecule has 1 amide bonds. The maximum Gasteiger partial charge on any atom is 0.217 e. The van der Waals surface area contributed by atoms with Crippen molar-refractivity contribution in [2.75, 3.05) is 13.2 Å². The molecule has 0 aliphatic heterocycles. The molecule has 0 radical (unpaired) electrons. The molecule has 22 heavy (non-hydrogen) atoms. The van der Waals surface area contributed by atoms with Gasteiger partial charge < -0.3 is 31.5 Å². The van der Waals surface area contributed by atoms with E-state index in [1.54, 1.807) is 0 Å². The number of aliphatic hydroxyl groups is 4. The van der Waals surface area contributed by atoms with Gasteiger partial charge in [-0.05, 0) is 19.4 Å². The molecular weight excluding hydrogens is 292 g/mol. The summed E-state index contributed by atoms with van der Waals surface area (Å²) in [6.45, 7) is 1.01. The molecule has 0 aliphatic rings. The van der Waals surface area contributed by atoms with Crippen LogP contribution in [0.5, 0.6) is 0 Å². The fourth-order valence-corrected chi connectivity index (χ4v) is 2.06. The Morgan fingerprint density at radius 2 is 1.64 bits per heavy atom. The lowest BCUT2D eigenvalue weighted by atomic mass is 9.95. The predicted octanol–water partition coefficient (Wildman–Crippen LogP) is -1.96. The number of amides is 1. The predicted molar refractivity (Wildman–Crippen MR) is 79.9 cm³/mol. The molecular formula is C14H28N2O6. The van der Waals surface area contributed by atoms with Crippen LogP contribution in [0.2, 0.25) is 0 Å². The number of hydrogen-bond donors (Lipinski definition) is 6. The van der Waals surface area contributed by atoms with Gasteiger partial charge in [-0.1, -0.05) is 12.8 Å². The van der Waals surface area contributed by atoms with Gasteiger partial charge in [0, 0.05) is 13.3 Å². The molecule has 0 fully saturated rings. The number of unbranched alkanes of at least 4 members (excludes halogenated alkanes) is 3. The highest BCUT2D eigenvalue weighted by Crippen LogP contribution is 2.11. The van der Waals surface area contributed by atoms with E-state index in [0.29, 0.717) is 13.0 Å². The topological polar surface area (TPSA) is 153 Å². The maximum atomic E-state index is 12.1. The van der Waals surface area contributed by atoms with Crippen molar-refractivity contribution >= 4 is 11.7 Å². The highest BCUT2D eigenvalue weighted by atomic mass is 16.4. The quantitative estimate of drug-likeness (QED) is 0.228. The lowest BCUT2D eigenvalue weighted by Crippen LogP contribution is -2.55. The molecule has 0 heterocycles. The Kier molecular flexibility index (Phi) is 10.9. The summed E-state index contributed by atoms with van der Waals surface area (Å²) in [6, 6.07) is -1.32. The molecule has 0 aliphatic carbocycles. The van der Waals surface area contributed by atoms with Crippen LogP contribution in [0.25, 0.3) is 0 Å². The molecule has 0 saturated heterocycles. The zero-order valence-corrected chi connectivity index (χ0v) is 12.9. The number of carbonyl (C=O) groups excluding carboxylic acids is 2. The molecule has 0 saturated carbocycles. The molecule has 0 unspecified atom stereocenters. The third-order valence-electron chi connectivity index (χ3n) is 3.36. The third-order valence-corrected chi connectivity index (χ3v) is 3.36. The van der Waals surface area contributed by atoms with Crippen molar-refractivity contribution in [2.24, 2.45) is 5.73 Å². The van der Waals surface area contributed by atoms with Gasteiger partial charge in [-0.25, -0.2) is 0 Å². The molecule has 0 aromatic heterocycles. The smallest absolute Gasteiger partial charge is 0.217 e. The van der Waals surface area contributed by atoms with Crippen LogP contribution < -0.4 is 11.1 Å². The number of aliphatic hydroxyl groups excluding tert-OH is 4. The van der Waals surface area contributed by atoms with Crippen molar-refractivity contribution < 1.29 is 30.0 Å². The van der Waals surface area contributed by atoms with Crippen LogP contribution >= 0.6 is 0 Å². The van der Waals surface area contributed by atoms with E-state index in [-0.39, 0.29) is 6.42 Å². The van der Waals surface area contributed by atoms with Gasteiger partial charge in [-0.15, -0.1) is 0 Å². The van der Waals surface area contributed by atoms with E-state index in [2.05, 4.69) is 5.32 Å². The van der Waals surface area contributed by atoms with Crippen LogP contribution in [0.4, 0.5) is 0 Å². The van der Waals surface area contributed by atoms with Crippen molar-refractivity contribution in [2.45, 2.75) is 63.4 Å². The summed E-state index contributed by atoms with van der Waals surface area (Å²) in [5.41, 5.74) is 5.37. The average molecular weight is 320 g/mol. The van der Waals surface area contributed by atoms with Crippen molar-refractivity contribution in [1.82, 2.24) is 5.32 Å². The third kappa shape index (κ3) is 7.81. The molecule has 0 bridgehead atoms. The van der Waals surface area contributed by atoms with Gasteiger partial charge in [0.15, 0.2) is 5.78 Å². The van der Waals surface area contributed by atoms with E-state index in [1.165, 1.54) is 6.92 Å². The van der Waals surface area contributed by atoms with E-state index in [0.717, 1.165) is 19.3 Å². The van der Waals surface area contributed by atoms with Gasteiger partial charge >= 0.3 is 0 Å². The molecule has 130 valence electrons. The Labute approximate surface area is 130 Å². The minimum atomic E-state index is -1.73. The molecule has 0 aromatic carbocycles. The van der Waals surface area contributed by atoms with Crippen molar-refractivity contribution in [1.29, 1.82) is 0 Å². The first-order valence-electron chi connectivity index (χ1n) is 7.50. The molecule has 0 aromatic rings. The van der Waals surface area contributed by atoms with Crippen molar-refractivity contribution in [3.8, 4) is 0 Å². The average Bonchev–Trinajstić information content (AvgIpc) is 2.49. The summed E-state index contributed by atoms with van der Waals surface area (Å²) < 4.78 is 0. The first kappa shape index (κ1) is 20.9. The first-order valence-corrected chi connectivity index (χ1v) is 7.50. The fraction of sp³-hybridized carbons (Fsp3) is 0.857. The summed E-state index contributed by atoms with van der Waals surface area (Å²) in [5.74, 6) is -0.967. The number of rotatable bonds is 12. The number of nitrogens with two attached hydrogens (primary N) is 1. The highest BCUT2D eigenvalue weighted by molar-refractivity contribution is 5.89. The lowest BCUT2D eigenvalue weighted by Gasteiger charge is -2.28. The van der Waals surface area contributed by atoms with Crippen LogP contribution in [0.15, 0.2) is 0 Å². The summed E-state index contributed by atoms with van der Waals surface area (Å²) in [7, 11) is 0. The van der Waals surface area contributed by atoms with Gasteiger partial charge in [0.2, 0.25) is 5.91 Å². The van der Waals surface area contributed by atoms with Crippen LogP contribution in [-0.4, -0.2) is 69.6 Å². The molecule has 7 N–H and O–H groups in total. The van der Waals surface area contributed by atoms with Crippen LogP contribution in [-0.2, 0) is 9.59 Å². The fourth-order valence-electron chi connectivity index (χ4n) is 2.06. The Bertz CT molecular complexity index is 339. The normalized spacial score (nSPS) is 16.6. The molecule has 8 nitrogen and oxygen atoms in total. The van der Waals surface area contributed by atoms with Gasteiger partial charge in [0.1, 0.15) is 24.4 Å². The van der Waals surface area contributed by atoms with Crippen LogP contribution in [0.3, 0.4) is 0 Å². The Morgan fingerprint density at radius 1 is 1.05 bits per heavy atom. The Hall–Kier alpha value is -1.06. The van der Waals surface area contributed by atoms with Crippen LogP contribution in [0.1, 0.15) is 39.0 Å². The van der Waals surface area contributed by atoms with E-state index in [9.17, 15) is 24.9 Å². The monoisotopic (exact) mass is 320 g/mol. The number of nitrogens with one attached hydrogen (secondary N) is 1. The van der Waals surface area contributed by atoms with E-state index in [1.807, 2.05) is 0 Å². The lowest BCUT2D eigenvalue weighted by molar-refractivity contribution is -0.136. The van der Waals surface area contributed by atoms with Crippen molar-refractivity contribution in [3.05, 3.63) is 0 Å². The van der Waals surface area contributed by atoms with E-state index < -0.39 is 42.7 Å². The van der Waals surface area contributed by atoms with Gasteiger partial charge in [-0.2, -0.15) is 0 Å². The summed E-state index contributed by atoms with van der Waals surface area (Å²) in [4.78, 5) is 23.3. The van der Waals surface area contributed by atoms with Crippen LogP contribution in [0, 0.1) is 0 Å². The summed E-state index contributed by atoms with van der Waals surface area (Å²) >= 11 is 0.